The molecule has 0 aromatic heterocycles. The Hall–Kier alpha value is -2.66. The Balaban J connectivity index is 1.89. The third kappa shape index (κ3) is 5.04. The van der Waals surface area contributed by atoms with Gasteiger partial charge in [0, 0.05) is 6.54 Å². The zero-order chi connectivity index (χ0) is 20.8. The number of ether oxygens (including phenoxy) is 1. The van der Waals surface area contributed by atoms with Crippen LogP contribution in [0.3, 0.4) is 0 Å². The van der Waals surface area contributed by atoms with Gasteiger partial charge in [-0.25, -0.2) is 4.39 Å². The number of halogens is 1. The van der Waals surface area contributed by atoms with Crippen LogP contribution in [-0.2, 0) is 6.54 Å². The van der Waals surface area contributed by atoms with Gasteiger partial charge in [-0.1, -0.05) is 38.8 Å². The molecule has 5 heteroatoms. The highest BCUT2D eigenvalue weighted by Gasteiger charge is 2.31. The first-order valence-corrected chi connectivity index (χ1v) is 10.3. The van der Waals surface area contributed by atoms with Gasteiger partial charge < -0.3 is 9.84 Å². The monoisotopic (exact) mass is 397 g/mol. The maximum Gasteiger partial charge on any atom is 0.231 e. The van der Waals surface area contributed by atoms with Crippen LogP contribution in [0.25, 0.3) is 6.08 Å². The van der Waals surface area contributed by atoms with Crippen molar-refractivity contribution in [3.63, 3.8) is 0 Å². The first kappa shape index (κ1) is 21.1. The first-order chi connectivity index (χ1) is 14.0. The van der Waals surface area contributed by atoms with Crippen molar-refractivity contribution in [2.24, 2.45) is 0 Å². The summed E-state index contributed by atoms with van der Waals surface area (Å²) < 4.78 is 19.4. The van der Waals surface area contributed by atoms with Crippen LogP contribution in [0.15, 0.2) is 42.2 Å². The van der Waals surface area contributed by atoms with E-state index in [1.807, 2.05) is 0 Å². The number of Topliss-reactive ketones (excluding diaryl/α,β-unsaturated/α-hetero) is 1. The van der Waals surface area contributed by atoms with E-state index in [0.717, 1.165) is 38.8 Å². The zero-order valence-corrected chi connectivity index (χ0v) is 17.1. The fourth-order valence-corrected chi connectivity index (χ4v) is 3.45. The van der Waals surface area contributed by atoms with Crippen LogP contribution in [0.1, 0.15) is 61.0 Å². The third-order valence-electron chi connectivity index (χ3n) is 5.10. The Labute approximate surface area is 171 Å². The number of ketones is 1. The van der Waals surface area contributed by atoms with E-state index in [1.54, 1.807) is 24.3 Å². The summed E-state index contributed by atoms with van der Waals surface area (Å²) in [4.78, 5) is 15.1. The van der Waals surface area contributed by atoms with E-state index in [1.165, 1.54) is 18.2 Å². The van der Waals surface area contributed by atoms with Crippen LogP contribution in [0.4, 0.5) is 4.39 Å². The van der Waals surface area contributed by atoms with Crippen LogP contribution >= 0.6 is 0 Å². The highest BCUT2D eigenvalue weighted by molar-refractivity contribution is 6.15. The molecule has 0 saturated carbocycles. The van der Waals surface area contributed by atoms with Crippen molar-refractivity contribution in [1.82, 2.24) is 4.90 Å². The summed E-state index contributed by atoms with van der Waals surface area (Å²) in [7, 11) is 0. The lowest BCUT2D eigenvalue weighted by Crippen LogP contribution is -2.25. The molecule has 3 rings (SSSR count). The predicted molar refractivity (Wildman–Crippen MR) is 113 cm³/mol. The normalized spacial score (nSPS) is 14.5. The number of fused-ring (bicyclic) bond motifs is 1. The Morgan fingerprint density at radius 3 is 2.48 bits per heavy atom. The number of phenols is 1. The largest absolute Gasteiger partial charge is 0.507 e. The van der Waals surface area contributed by atoms with Gasteiger partial charge in [0.2, 0.25) is 5.78 Å². The van der Waals surface area contributed by atoms with E-state index < -0.39 is 0 Å². The number of carbonyl (C=O) groups is 1. The summed E-state index contributed by atoms with van der Waals surface area (Å²) in [5.74, 6) is 0.0608. The fraction of sp³-hybridized carbons (Fsp3) is 0.375. The van der Waals surface area contributed by atoms with Crippen molar-refractivity contribution in [1.29, 1.82) is 0 Å². The van der Waals surface area contributed by atoms with Crippen LogP contribution in [0.2, 0.25) is 0 Å². The molecule has 4 nitrogen and oxygen atoms in total. The average Bonchev–Trinajstić information content (AvgIpc) is 3.01. The third-order valence-corrected chi connectivity index (χ3v) is 5.10. The number of aromatic hydroxyl groups is 1. The lowest BCUT2D eigenvalue weighted by atomic mass is 10.0. The Bertz CT molecular complexity index is 899. The van der Waals surface area contributed by atoms with Crippen molar-refractivity contribution < 1.29 is 19.0 Å². The van der Waals surface area contributed by atoms with Gasteiger partial charge in [-0.3, -0.25) is 9.69 Å². The molecule has 0 atom stereocenters. The van der Waals surface area contributed by atoms with Crippen LogP contribution in [0, 0.1) is 5.82 Å². The summed E-state index contributed by atoms with van der Waals surface area (Å²) in [5, 5.41) is 10.5. The molecule has 0 fully saturated rings. The number of hydrogen-bond donors (Lipinski definition) is 1. The molecule has 2 aromatic carbocycles. The van der Waals surface area contributed by atoms with Crippen LogP contribution in [0.5, 0.6) is 11.5 Å². The number of benzene rings is 2. The van der Waals surface area contributed by atoms with Gasteiger partial charge in [-0.2, -0.15) is 0 Å². The molecule has 0 spiro atoms. The number of nitrogens with zero attached hydrogens (tertiary/aromatic N) is 1. The van der Waals surface area contributed by atoms with Gasteiger partial charge in [-0.15, -0.1) is 0 Å². The van der Waals surface area contributed by atoms with Gasteiger partial charge in [0.05, 0.1) is 11.1 Å². The molecule has 1 aliphatic rings. The van der Waals surface area contributed by atoms with Gasteiger partial charge in [0.15, 0.2) is 5.76 Å². The van der Waals surface area contributed by atoms with E-state index in [0.29, 0.717) is 29.0 Å². The number of rotatable bonds is 9. The smallest absolute Gasteiger partial charge is 0.231 e. The molecule has 0 amide bonds. The molecule has 0 saturated heterocycles. The molecule has 154 valence electrons. The minimum absolute atomic E-state index is 0.126. The standard InChI is InChI=1S/C24H28FNO3/c1-3-5-12-26(13-6-4-2)16-20-21(27)11-10-19-23(28)22(29-24(19)20)15-17-8-7-9-18(25)14-17/h7-11,14-15,27H,3-6,12-13,16H2,1-2H3/b22-15+. The van der Waals surface area contributed by atoms with Gasteiger partial charge >= 0.3 is 0 Å². The Kier molecular flexibility index (Phi) is 7.04. The van der Waals surface area contributed by atoms with Crippen LogP contribution in [-0.4, -0.2) is 28.9 Å². The number of hydrogen-bond acceptors (Lipinski definition) is 4. The van der Waals surface area contributed by atoms with E-state index in [2.05, 4.69) is 18.7 Å². The maximum absolute atomic E-state index is 13.5. The number of unbranched alkanes of at least 4 members (excludes halogenated alkanes) is 2. The van der Waals surface area contributed by atoms with Crippen molar-refractivity contribution in [2.45, 2.75) is 46.1 Å². The quantitative estimate of drug-likeness (QED) is 0.564. The molecule has 0 bridgehead atoms. The summed E-state index contributed by atoms with van der Waals surface area (Å²) in [6, 6.07) is 9.15. The topological polar surface area (TPSA) is 49.8 Å². The summed E-state index contributed by atoms with van der Waals surface area (Å²) >= 11 is 0. The maximum atomic E-state index is 13.5. The molecule has 29 heavy (non-hydrogen) atoms. The van der Waals surface area contributed by atoms with Crippen molar-refractivity contribution in [3.05, 3.63) is 64.7 Å². The molecule has 0 radical (unpaired) electrons. The van der Waals surface area contributed by atoms with Gasteiger partial charge in [0.25, 0.3) is 0 Å². The van der Waals surface area contributed by atoms with E-state index in [9.17, 15) is 14.3 Å². The fourth-order valence-electron chi connectivity index (χ4n) is 3.45. The second-order valence-electron chi connectivity index (χ2n) is 7.42. The lowest BCUT2D eigenvalue weighted by molar-refractivity contribution is 0.101. The van der Waals surface area contributed by atoms with E-state index in [4.69, 9.17) is 4.74 Å². The number of phenolic OH excluding ortho intramolecular Hbond substituents is 1. The molecule has 1 N–H and O–H groups in total. The highest BCUT2D eigenvalue weighted by Crippen LogP contribution is 2.40. The van der Waals surface area contributed by atoms with Crippen molar-refractivity contribution in [2.75, 3.05) is 13.1 Å². The molecule has 1 heterocycles. The predicted octanol–water partition coefficient (Wildman–Crippen LogP) is 5.55. The SMILES string of the molecule is CCCCN(CCCC)Cc1c(O)ccc2c1O/C(=C/c1cccc(F)c1)C2=O. The Morgan fingerprint density at radius 2 is 1.83 bits per heavy atom. The number of carbonyl (C=O) groups excluding carboxylic acids is 1. The molecule has 2 aromatic rings. The van der Waals surface area contributed by atoms with Crippen molar-refractivity contribution in [3.8, 4) is 11.5 Å². The molecule has 1 aliphatic heterocycles. The number of allylic oxidation sites excluding steroid dienone is 1. The molecular weight excluding hydrogens is 369 g/mol. The lowest BCUT2D eigenvalue weighted by Gasteiger charge is -2.23. The minimum atomic E-state index is -0.372. The molecule has 0 unspecified atom stereocenters. The van der Waals surface area contributed by atoms with Crippen molar-refractivity contribution >= 4 is 11.9 Å². The highest BCUT2D eigenvalue weighted by atomic mass is 19.1. The second kappa shape index (κ2) is 9.70. The van der Waals surface area contributed by atoms with E-state index in [-0.39, 0.29) is 23.1 Å². The second-order valence-corrected chi connectivity index (χ2v) is 7.42. The van der Waals surface area contributed by atoms with Gasteiger partial charge in [0.1, 0.15) is 17.3 Å². The summed E-state index contributed by atoms with van der Waals surface area (Å²) in [5.41, 5.74) is 1.62. The zero-order valence-electron chi connectivity index (χ0n) is 17.1. The minimum Gasteiger partial charge on any atom is -0.507 e. The average molecular weight is 397 g/mol. The van der Waals surface area contributed by atoms with Gasteiger partial charge in [-0.05, 0) is 61.8 Å². The summed E-state index contributed by atoms with van der Waals surface area (Å²) in [6.45, 7) is 6.69. The van der Waals surface area contributed by atoms with E-state index >= 15 is 0 Å². The Morgan fingerprint density at radius 1 is 1.10 bits per heavy atom. The molecule has 0 aliphatic carbocycles. The molecular formula is C24H28FNO3. The van der Waals surface area contributed by atoms with Crippen LogP contribution < -0.4 is 4.74 Å². The summed E-state index contributed by atoms with van der Waals surface area (Å²) in [6.07, 6.45) is 5.88. The first-order valence-electron chi connectivity index (χ1n) is 10.3.